The summed E-state index contributed by atoms with van der Waals surface area (Å²) in [6.07, 6.45) is 5.29. The number of allylic oxidation sites excluding steroid dienone is 2. The lowest BCUT2D eigenvalue weighted by Crippen LogP contribution is -2.00. The van der Waals surface area contributed by atoms with E-state index in [4.69, 9.17) is 9.84 Å². The second kappa shape index (κ2) is 13.2. The van der Waals surface area contributed by atoms with E-state index in [2.05, 4.69) is 24.6 Å². The third-order valence-electron chi connectivity index (χ3n) is 3.82. The summed E-state index contributed by atoms with van der Waals surface area (Å²) in [4.78, 5) is 22.2. The number of ether oxygens (including phenoxy) is 1. The third-order valence-corrected chi connectivity index (χ3v) is 3.82. The molecule has 2 aromatic rings. The molecule has 0 aliphatic heterocycles. The van der Waals surface area contributed by atoms with Crippen LogP contribution in [0.5, 0.6) is 17.2 Å². The molecule has 0 bridgehead atoms. The molecule has 0 atom stereocenters. The zero-order chi connectivity index (χ0) is 23.2. The Balaban J connectivity index is 0.000000343. The molecule has 2 aromatic carbocycles. The molecule has 6 nitrogen and oxygen atoms in total. The average Bonchev–Trinajstić information content (AvgIpc) is 2.76. The second-order valence-electron chi connectivity index (χ2n) is 6.09. The van der Waals surface area contributed by atoms with E-state index in [0.717, 1.165) is 11.6 Å². The molecule has 0 unspecified atom stereocenters. The fraction of sp³-hybridized carbons (Fsp3) is 0.120. The number of phenols is 2. The molecule has 3 N–H and O–H groups in total. The van der Waals surface area contributed by atoms with Crippen molar-refractivity contribution < 1.29 is 29.6 Å². The first-order valence-electron chi connectivity index (χ1n) is 9.10. The van der Waals surface area contributed by atoms with Crippen LogP contribution in [0.1, 0.15) is 23.1 Å². The maximum absolute atomic E-state index is 11.3. The van der Waals surface area contributed by atoms with E-state index in [9.17, 15) is 19.8 Å². The summed E-state index contributed by atoms with van der Waals surface area (Å²) in [7, 11) is 1.51. The van der Waals surface area contributed by atoms with Gasteiger partial charge in [0.2, 0.25) is 0 Å². The minimum Gasteiger partial charge on any atom is -0.508 e. The second-order valence-corrected chi connectivity index (χ2v) is 6.09. The summed E-state index contributed by atoms with van der Waals surface area (Å²) in [6, 6.07) is 9.69. The van der Waals surface area contributed by atoms with Crippen LogP contribution in [-0.2, 0) is 16.2 Å². The number of benzene rings is 2. The van der Waals surface area contributed by atoms with E-state index in [1.165, 1.54) is 25.3 Å². The Kier molecular flexibility index (Phi) is 10.6. The number of aromatic hydroxyl groups is 2. The van der Waals surface area contributed by atoms with Gasteiger partial charge in [0.15, 0.2) is 23.1 Å². The first kappa shape index (κ1) is 25.0. The van der Waals surface area contributed by atoms with Crippen LogP contribution in [0.25, 0.3) is 12.2 Å². The molecule has 0 amide bonds. The predicted molar refractivity (Wildman–Crippen MR) is 120 cm³/mol. The van der Waals surface area contributed by atoms with Crippen LogP contribution >= 0.6 is 0 Å². The third kappa shape index (κ3) is 8.86. The largest absolute Gasteiger partial charge is 0.508 e. The Morgan fingerprint density at radius 1 is 1.03 bits per heavy atom. The molecule has 0 saturated heterocycles. The Hall–Kier alpha value is -4.08. The van der Waals surface area contributed by atoms with Crippen LogP contribution in [-0.4, -0.2) is 34.0 Å². The van der Waals surface area contributed by atoms with Crippen LogP contribution in [0.4, 0.5) is 0 Å². The zero-order valence-electron chi connectivity index (χ0n) is 17.2. The van der Waals surface area contributed by atoms with Crippen LogP contribution < -0.4 is 4.74 Å². The smallest absolute Gasteiger partial charge is 0.171 e. The normalized spacial score (nSPS) is 9.10. The van der Waals surface area contributed by atoms with E-state index in [1.807, 2.05) is 0 Å². The molecule has 0 heterocycles. The summed E-state index contributed by atoms with van der Waals surface area (Å²) in [5, 5.41) is 27.6. The Bertz CT molecular complexity index is 1050. The average molecular weight is 420 g/mol. The van der Waals surface area contributed by atoms with Gasteiger partial charge >= 0.3 is 0 Å². The highest BCUT2D eigenvalue weighted by molar-refractivity contribution is 6.08. The van der Waals surface area contributed by atoms with E-state index in [1.54, 1.807) is 36.4 Å². The van der Waals surface area contributed by atoms with Gasteiger partial charge in [0.05, 0.1) is 20.1 Å². The molecule has 2 rings (SSSR count). The number of carbonyl (C=O) groups excluding carboxylic acids is 2. The number of aliphatic hydroxyl groups excluding tert-OH is 1. The molecule has 0 spiro atoms. The van der Waals surface area contributed by atoms with Crippen LogP contribution in [0.3, 0.4) is 0 Å². The van der Waals surface area contributed by atoms with Gasteiger partial charge in [0, 0.05) is 11.6 Å². The van der Waals surface area contributed by atoms with Crippen LogP contribution in [0.15, 0.2) is 73.2 Å². The summed E-state index contributed by atoms with van der Waals surface area (Å²) < 4.78 is 4.91. The highest BCUT2D eigenvalue weighted by atomic mass is 16.5. The number of methoxy groups -OCH3 is 1. The van der Waals surface area contributed by atoms with Crippen molar-refractivity contribution in [3.63, 3.8) is 0 Å². The van der Waals surface area contributed by atoms with Crippen molar-refractivity contribution in [1.82, 2.24) is 0 Å². The quantitative estimate of drug-likeness (QED) is 0.339. The molecule has 0 aromatic heterocycles. The van der Waals surface area contributed by atoms with Crippen LogP contribution in [0, 0.1) is 0 Å². The van der Waals surface area contributed by atoms with Crippen LogP contribution in [0.2, 0.25) is 0 Å². The Labute approximate surface area is 181 Å². The van der Waals surface area contributed by atoms with Crippen molar-refractivity contribution in [1.29, 1.82) is 0 Å². The van der Waals surface area contributed by atoms with Gasteiger partial charge in [-0.05, 0) is 53.6 Å². The number of rotatable bonds is 8. The topological polar surface area (TPSA) is 104 Å². The maximum atomic E-state index is 11.3. The van der Waals surface area contributed by atoms with Crippen molar-refractivity contribution in [2.24, 2.45) is 0 Å². The standard InChI is InChI=1S/C15H14O4.C10H10O2/c1-2-13(17)9-14(18)5-3-4-11-6-7-15(19)12(8-11)10-16;1-3-4-8-5-6-9(11)10(7-8)12-2/h2,4-8,16,19H,1,9-10H2;4-7,11H,1H2,2H3. The number of aliphatic hydroxyl groups is 1. The molecule has 0 aliphatic rings. The highest BCUT2D eigenvalue weighted by Gasteiger charge is 2.02. The molecule has 0 fully saturated rings. The molecule has 0 saturated carbocycles. The number of hydrogen-bond donors (Lipinski definition) is 3. The fourth-order valence-corrected chi connectivity index (χ4v) is 2.25. The summed E-state index contributed by atoms with van der Waals surface area (Å²) in [5.41, 5.74) is 7.27. The Morgan fingerprint density at radius 3 is 2.26 bits per heavy atom. The van der Waals surface area contributed by atoms with Gasteiger partial charge in [0.1, 0.15) is 5.75 Å². The minimum atomic E-state index is -0.359. The van der Waals surface area contributed by atoms with Gasteiger partial charge in [-0.2, -0.15) is 0 Å². The first-order chi connectivity index (χ1) is 14.8. The van der Waals surface area contributed by atoms with Crippen molar-refractivity contribution in [3.05, 3.63) is 89.9 Å². The molecular formula is C25H24O6. The van der Waals surface area contributed by atoms with Crippen molar-refractivity contribution in [3.8, 4) is 17.2 Å². The molecular weight excluding hydrogens is 396 g/mol. The van der Waals surface area contributed by atoms with Crippen molar-refractivity contribution >= 4 is 23.7 Å². The monoisotopic (exact) mass is 420 g/mol. The number of carbonyl (C=O) groups is 2. The first-order valence-corrected chi connectivity index (χ1v) is 9.10. The predicted octanol–water partition coefficient (Wildman–Crippen LogP) is 3.97. The lowest BCUT2D eigenvalue weighted by Gasteiger charge is -2.02. The van der Waals surface area contributed by atoms with Gasteiger partial charge in [-0.25, -0.2) is 0 Å². The number of phenolic OH excluding ortho intramolecular Hbond substituents is 1. The molecule has 160 valence electrons. The molecule has 0 radical (unpaired) electrons. The molecule has 31 heavy (non-hydrogen) atoms. The van der Waals surface area contributed by atoms with Gasteiger partial charge in [-0.3, -0.25) is 9.59 Å². The van der Waals surface area contributed by atoms with Crippen molar-refractivity contribution in [2.45, 2.75) is 13.0 Å². The molecule has 6 heteroatoms. The van der Waals surface area contributed by atoms with Gasteiger partial charge in [0.25, 0.3) is 0 Å². The maximum Gasteiger partial charge on any atom is 0.171 e. The van der Waals surface area contributed by atoms with Gasteiger partial charge in [-0.15, -0.1) is 11.5 Å². The van der Waals surface area contributed by atoms with Gasteiger partial charge in [-0.1, -0.05) is 25.3 Å². The number of ketones is 2. The van der Waals surface area contributed by atoms with Crippen molar-refractivity contribution in [2.75, 3.05) is 7.11 Å². The summed E-state index contributed by atoms with van der Waals surface area (Å²) in [5.74, 6) is -0.0911. The lowest BCUT2D eigenvalue weighted by atomic mass is 10.1. The SMILES string of the molecule is C=C=Cc1ccc(O)c(OC)c1.C=CC(=O)CC(=O)C=C=Cc1ccc(O)c(CO)c1. The van der Waals surface area contributed by atoms with E-state index < -0.39 is 0 Å². The summed E-state index contributed by atoms with van der Waals surface area (Å²) in [6.45, 7) is 6.45. The Morgan fingerprint density at radius 2 is 1.68 bits per heavy atom. The number of hydrogen-bond acceptors (Lipinski definition) is 6. The molecule has 0 aliphatic carbocycles. The van der Waals surface area contributed by atoms with Gasteiger partial charge < -0.3 is 20.1 Å². The van der Waals surface area contributed by atoms with E-state index >= 15 is 0 Å². The van der Waals surface area contributed by atoms with E-state index in [0.29, 0.717) is 16.9 Å². The highest BCUT2D eigenvalue weighted by Crippen LogP contribution is 2.26. The fourth-order valence-electron chi connectivity index (χ4n) is 2.25. The summed E-state index contributed by atoms with van der Waals surface area (Å²) >= 11 is 0. The zero-order valence-corrected chi connectivity index (χ0v) is 17.2. The minimum absolute atomic E-state index is 0.0104. The lowest BCUT2D eigenvalue weighted by molar-refractivity contribution is -0.121. The van der Waals surface area contributed by atoms with E-state index in [-0.39, 0.29) is 36.1 Å².